The molecule has 0 spiro atoms. The molecule has 0 aliphatic heterocycles. The summed E-state index contributed by atoms with van der Waals surface area (Å²) in [5.41, 5.74) is 0.0156. The fraction of sp³-hybridized carbons (Fsp3) is 0.600. The Morgan fingerprint density at radius 1 is 1.03 bits per heavy atom. The minimum Gasteiger partial charge on any atom is -0.508 e. The number of rotatable bonds is 12. The van der Waals surface area contributed by atoms with Crippen LogP contribution in [0.2, 0.25) is 0 Å². The highest BCUT2D eigenvalue weighted by molar-refractivity contribution is 5.85. The molecular formula is C25H39N3O7. The maximum absolute atomic E-state index is 12.8. The fourth-order valence-electron chi connectivity index (χ4n) is 3.12. The van der Waals surface area contributed by atoms with Gasteiger partial charge < -0.3 is 35.7 Å². The molecule has 0 saturated heterocycles. The van der Waals surface area contributed by atoms with Gasteiger partial charge in [0.2, 0.25) is 11.8 Å². The summed E-state index contributed by atoms with van der Waals surface area (Å²) in [6, 6.07) is 3.96. The number of aromatic hydroxyl groups is 1. The number of carbonyl (C=O) groups excluding carboxylic acids is 4. The van der Waals surface area contributed by atoms with E-state index in [0.717, 1.165) is 5.56 Å². The van der Waals surface area contributed by atoms with Crippen LogP contribution in [0.3, 0.4) is 0 Å². The molecule has 2 unspecified atom stereocenters. The largest absolute Gasteiger partial charge is 0.508 e. The van der Waals surface area contributed by atoms with Gasteiger partial charge >= 0.3 is 6.09 Å². The smallest absolute Gasteiger partial charge is 0.408 e. The molecular weight excluding hydrogens is 454 g/mol. The van der Waals surface area contributed by atoms with Crippen LogP contribution in [0.25, 0.3) is 0 Å². The number of aldehydes is 1. The van der Waals surface area contributed by atoms with Crippen molar-refractivity contribution in [3.8, 4) is 5.75 Å². The molecule has 0 aliphatic carbocycles. The molecule has 5 N–H and O–H groups in total. The number of phenolic OH excluding ortho intramolecular Hbond substituents is 1. The monoisotopic (exact) mass is 493 g/mol. The Kier molecular flexibility index (Phi) is 11.7. The van der Waals surface area contributed by atoms with Crippen LogP contribution >= 0.6 is 0 Å². The van der Waals surface area contributed by atoms with Crippen molar-refractivity contribution in [2.24, 2.45) is 5.92 Å². The summed E-state index contributed by atoms with van der Waals surface area (Å²) in [6.07, 6.45) is -0.968. The van der Waals surface area contributed by atoms with Crippen molar-refractivity contribution in [3.05, 3.63) is 29.8 Å². The summed E-state index contributed by atoms with van der Waals surface area (Å²) in [4.78, 5) is 48.1. The van der Waals surface area contributed by atoms with Crippen LogP contribution in [-0.4, -0.2) is 64.2 Å². The Bertz CT molecular complexity index is 850. The quantitative estimate of drug-likeness (QED) is 0.278. The molecule has 0 bridgehead atoms. The van der Waals surface area contributed by atoms with Crippen molar-refractivity contribution in [1.29, 1.82) is 0 Å². The second-order valence-corrected chi connectivity index (χ2v) is 9.93. The third kappa shape index (κ3) is 11.7. The van der Waals surface area contributed by atoms with Gasteiger partial charge in [-0.3, -0.25) is 9.59 Å². The lowest BCUT2D eigenvalue weighted by Gasteiger charge is -2.27. The van der Waals surface area contributed by atoms with Crippen molar-refractivity contribution in [2.45, 2.75) is 90.6 Å². The average Bonchev–Trinajstić information content (AvgIpc) is 2.74. The Hall–Kier alpha value is -3.14. The van der Waals surface area contributed by atoms with Crippen LogP contribution < -0.4 is 16.0 Å². The first-order valence-corrected chi connectivity index (χ1v) is 11.7. The molecule has 10 heteroatoms. The van der Waals surface area contributed by atoms with E-state index in [2.05, 4.69) is 16.0 Å². The van der Waals surface area contributed by atoms with Crippen LogP contribution in [0.15, 0.2) is 24.3 Å². The van der Waals surface area contributed by atoms with Gasteiger partial charge in [0.25, 0.3) is 0 Å². The van der Waals surface area contributed by atoms with E-state index in [1.54, 1.807) is 32.9 Å². The summed E-state index contributed by atoms with van der Waals surface area (Å²) >= 11 is 0. The van der Waals surface area contributed by atoms with Gasteiger partial charge in [0.15, 0.2) is 0 Å². The number of carbonyl (C=O) groups is 4. The number of nitrogens with one attached hydrogen (secondary N) is 3. The van der Waals surface area contributed by atoms with Gasteiger partial charge in [-0.05, 0) is 64.2 Å². The van der Waals surface area contributed by atoms with Crippen molar-refractivity contribution in [2.75, 3.05) is 0 Å². The van der Waals surface area contributed by atoms with E-state index in [1.807, 2.05) is 13.8 Å². The predicted molar refractivity (Wildman–Crippen MR) is 131 cm³/mol. The summed E-state index contributed by atoms with van der Waals surface area (Å²) < 4.78 is 5.17. The fourth-order valence-corrected chi connectivity index (χ4v) is 3.12. The second-order valence-electron chi connectivity index (χ2n) is 9.93. The molecule has 1 aromatic rings. The molecule has 0 aliphatic rings. The maximum Gasteiger partial charge on any atom is 0.408 e. The summed E-state index contributed by atoms with van der Waals surface area (Å²) in [7, 11) is 0. The number of hydrogen-bond donors (Lipinski definition) is 5. The first-order valence-electron chi connectivity index (χ1n) is 11.7. The first-order chi connectivity index (χ1) is 16.2. The lowest BCUT2D eigenvalue weighted by Crippen LogP contribution is -2.52. The van der Waals surface area contributed by atoms with Crippen molar-refractivity contribution in [3.63, 3.8) is 0 Å². The van der Waals surface area contributed by atoms with Crippen LogP contribution in [0.4, 0.5) is 4.79 Å². The molecule has 1 rings (SSSR count). The number of benzene rings is 1. The lowest BCUT2D eigenvalue weighted by atomic mass is 9.97. The predicted octanol–water partition coefficient (Wildman–Crippen LogP) is 1.81. The number of hydrogen-bond acceptors (Lipinski definition) is 7. The molecule has 0 aromatic heterocycles. The molecule has 0 fully saturated rings. The standard InChI is InChI=1S/C25H39N3O7/c1-15(2)20(14-29)27-22(32)12-11-21(31)19(13-17-7-9-18(30)10-8-17)28-23(33)16(3)26-24(34)35-25(4,5)6/h7-10,14-16,19-21,30-31H,11-13H2,1-6H3,(H,26,34)(H,27,32)(H,28,33)/t16?,19-,20?,21-/m0/s1. The molecule has 3 amide bonds. The van der Waals surface area contributed by atoms with Crippen molar-refractivity contribution >= 4 is 24.2 Å². The van der Waals surface area contributed by atoms with Crippen LogP contribution in [0.5, 0.6) is 5.75 Å². The van der Waals surface area contributed by atoms with E-state index in [9.17, 15) is 29.4 Å². The van der Waals surface area contributed by atoms with E-state index in [4.69, 9.17) is 4.74 Å². The highest BCUT2D eigenvalue weighted by Crippen LogP contribution is 2.15. The number of aliphatic hydroxyl groups is 1. The number of alkyl carbamates (subject to hydrolysis) is 1. The zero-order chi connectivity index (χ0) is 26.8. The number of phenols is 1. The van der Waals surface area contributed by atoms with E-state index in [1.165, 1.54) is 19.1 Å². The third-order valence-corrected chi connectivity index (χ3v) is 5.17. The highest BCUT2D eigenvalue weighted by atomic mass is 16.6. The molecule has 35 heavy (non-hydrogen) atoms. The molecule has 0 heterocycles. The minimum absolute atomic E-state index is 0.0341. The first kappa shape index (κ1) is 29.9. The molecule has 1 aromatic carbocycles. The molecule has 4 atom stereocenters. The Balaban J connectivity index is 2.85. The molecule has 196 valence electrons. The SMILES string of the molecule is CC(NC(=O)OC(C)(C)C)C(=O)N[C@@H](Cc1ccc(O)cc1)[C@@H](O)CCC(=O)NC(C=O)C(C)C. The molecule has 0 radical (unpaired) electrons. The van der Waals surface area contributed by atoms with E-state index in [0.29, 0.717) is 6.29 Å². The van der Waals surface area contributed by atoms with Gasteiger partial charge in [0.1, 0.15) is 23.7 Å². The van der Waals surface area contributed by atoms with Gasteiger partial charge in [0, 0.05) is 6.42 Å². The van der Waals surface area contributed by atoms with Gasteiger partial charge in [-0.1, -0.05) is 26.0 Å². The topological polar surface area (TPSA) is 154 Å². The van der Waals surface area contributed by atoms with Crippen LogP contribution in [0.1, 0.15) is 59.9 Å². The van der Waals surface area contributed by atoms with Gasteiger partial charge in [-0.15, -0.1) is 0 Å². The summed E-state index contributed by atoms with van der Waals surface area (Å²) in [6.45, 7) is 10.2. The molecule has 10 nitrogen and oxygen atoms in total. The van der Waals surface area contributed by atoms with E-state index in [-0.39, 0.29) is 36.8 Å². The van der Waals surface area contributed by atoms with E-state index < -0.39 is 41.8 Å². The van der Waals surface area contributed by atoms with Crippen LogP contribution in [0, 0.1) is 5.92 Å². The maximum atomic E-state index is 12.8. The van der Waals surface area contributed by atoms with Crippen LogP contribution in [-0.2, 0) is 25.5 Å². The van der Waals surface area contributed by atoms with Gasteiger partial charge in [-0.2, -0.15) is 0 Å². The van der Waals surface area contributed by atoms with Crippen molar-refractivity contribution < 1.29 is 34.1 Å². The third-order valence-electron chi connectivity index (χ3n) is 5.17. The molecule has 0 saturated carbocycles. The minimum atomic E-state index is -1.10. The summed E-state index contributed by atoms with van der Waals surface area (Å²) in [5.74, 6) is -0.910. The number of amides is 3. The number of aliphatic hydroxyl groups excluding tert-OH is 1. The zero-order valence-electron chi connectivity index (χ0n) is 21.3. The Labute approximate surface area is 206 Å². The highest BCUT2D eigenvalue weighted by Gasteiger charge is 2.27. The van der Waals surface area contributed by atoms with Gasteiger partial charge in [0.05, 0.1) is 18.2 Å². The normalized spacial score (nSPS) is 14.9. The Morgan fingerprint density at radius 3 is 2.14 bits per heavy atom. The summed E-state index contributed by atoms with van der Waals surface area (Å²) in [5, 5.41) is 28.1. The second kappa shape index (κ2) is 13.7. The lowest BCUT2D eigenvalue weighted by molar-refractivity contribution is -0.125. The number of ether oxygens (including phenoxy) is 1. The van der Waals surface area contributed by atoms with Gasteiger partial charge in [-0.25, -0.2) is 4.79 Å². The average molecular weight is 494 g/mol. The van der Waals surface area contributed by atoms with Crippen molar-refractivity contribution in [1.82, 2.24) is 16.0 Å². The van der Waals surface area contributed by atoms with E-state index >= 15 is 0 Å². The Morgan fingerprint density at radius 2 is 1.63 bits per heavy atom. The zero-order valence-corrected chi connectivity index (χ0v) is 21.3.